The van der Waals surface area contributed by atoms with E-state index in [1.54, 1.807) is 34.6 Å². The lowest BCUT2D eigenvalue weighted by Crippen LogP contribution is -2.25. The molecular weight excluding hydrogens is 284 g/mol. The standard InChI is InChI=1S/C8H16O2.C5H10O2.C3H8O.CH4/c1-6(2)10-7(9)8(3,4)5;1-5(2,3)4(6)7;1-3(2)4;/h6H,1-5H3;1-3H3,(H,6,7);3-4H,1-2H3;1H4. The van der Waals surface area contributed by atoms with Gasteiger partial charge in [0.1, 0.15) is 0 Å². The van der Waals surface area contributed by atoms with E-state index in [9.17, 15) is 9.59 Å². The van der Waals surface area contributed by atoms with Crippen molar-refractivity contribution in [3.05, 3.63) is 0 Å². The molecule has 0 fully saturated rings. The zero-order valence-electron chi connectivity index (χ0n) is 15.3. The molecule has 136 valence electrons. The minimum Gasteiger partial charge on any atom is -0.481 e. The van der Waals surface area contributed by atoms with Gasteiger partial charge < -0.3 is 14.9 Å². The van der Waals surface area contributed by atoms with Crippen molar-refractivity contribution in [2.45, 2.75) is 88.9 Å². The second kappa shape index (κ2) is 12.4. The van der Waals surface area contributed by atoms with Crippen LogP contribution < -0.4 is 0 Å². The molecule has 5 heteroatoms. The third kappa shape index (κ3) is 27.3. The van der Waals surface area contributed by atoms with Crippen LogP contribution in [0.4, 0.5) is 0 Å². The predicted octanol–water partition coefficient (Wildman–Crippen LogP) is 4.12. The molecule has 0 aromatic carbocycles. The van der Waals surface area contributed by atoms with Crippen LogP contribution in [0.5, 0.6) is 0 Å². The van der Waals surface area contributed by atoms with Crippen molar-refractivity contribution >= 4 is 11.9 Å². The van der Waals surface area contributed by atoms with E-state index < -0.39 is 11.4 Å². The van der Waals surface area contributed by atoms with Gasteiger partial charge in [0, 0.05) is 6.10 Å². The topological polar surface area (TPSA) is 83.8 Å². The molecule has 0 bridgehead atoms. The second-order valence-corrected chi connectivity index (χ2v) is 7.35. The third-order valence-electron chi connectivity index (χ3n) is 1.60. The summed E-state index contributed by atoms with van der Waals surface area (Å²) < 4.78 is 4.98. The first-order valence-corrected chi connectivity index (χ1v) is 7.14. The van der Waals surface area contributed by atoms with Crippen LogP contribution in [0.2, 0.25) is 0 Å². The fourth-order valence-electron chi connectivity index (χ4n) is 0.391. The Morgan fingerprint density at radius 3 is 1.14 bits per heavy atom. The van der Waals surface area contributed by atoms with E-state index in [1.165, 1.54) is 0 Å². The molecule has 0 aromatic heterocycles. The Balaban J connectivity index is -0.000000118. The van der Waals surface area contributed by atoms with Crippen molar-refractivity contribution in [3.63, 3.8) is 0 Å². The van der Waals surface area contributed by atoms with Gasteiger partial charge in [0.05, 0.1) is 16.9 Å². The van der Waals surface area contributed by atoms with Crippen LogP contribution in [0.3, 0.4) is 0 Å². The monoisotopic (exact) mass is 322 g/mol. The Bertz CT molecular complexity index is 290. The zero-order valence-corrected chi connectivity index (χ0v) is 15.3. The van der Waals surface area contributed by atoms with Gasteiger partial charge in [-0.3, -0.25) is 9.59 Å². The van der Waals surface area contributed by atoms with Crippen LogP contribution in [0.15, 0.2) is 0 Å². The highest BCUT2D eigenvalue weighted by molar-refractivity contribution is 5.75. The first-order valence-electron chi connectivity index (χ1n) is 7.14. The SMILES string of the molecule is C.CC(C)(C)C(=O)O.CC(C)O.CC(C)OC(=O)C(C)(C)C. The molecule has 0 aliphatic rings. The molecule has 0 heterocycles. The maximum atomic E-state index is 11.1. The van der Waals surface area contributed by atoms with Crippen LogP contribution in [0, 0.1) is 10.8 Å². The summed E-state index contributed by atoms with van der Waals surface area (Å²) in [7, 11) is 0. The number of carbonyl (C=O) groups excluding carboxylic acids is 1. The summed E-state index contributed by atoms with van der Waals surface area (Å²) in [4.78, 5) is 21.1. The van der Waals surface area contributed by atoms with Crippen molar-refractivity contribution < 1.29 is 24.5 Å². The number of rotatable bonds is 1. The highest BCUT2D eigenvalue weighted by Gasteiger charge is 2.23. The summed E-state index contributed by atoms with van der Waals surface area (Å²) in [6.45, 7) is 17.7. The average Bonchev–Trinajstić information content (AvgIpc) is 2.12. The van der Waals surface area contributed by atoms with E-state index in [0.29, 0.717) is 0 Å². The Hall–Kier alpha value is -1.10. The van der Waals surface area contributed by atoms with Gasteiger partial charge in [-0.1, -0.05) is 7.43 Å². The Morgan fingerprint density at radius 1 is 0.864 bits per heavy atom. The maximum absolute atomic E-state index is 11.1. The fourth-order valence-corrected chi connectivity index (χ4v) is 0.391. The third-order valence-corrected chi connectivity index (χ3v) is 1.60. The molecule has 0 radical (unpaired) electrons. The molecule has 2 N–H and O–H groups in total. The summed E-state index contributed by atoms with van der Waals surface area (Å²) >= 11 is 0. The molecule has 0 spiro atoms. The van der Waals surface area contributed by atoms with Gasteiger partial charge in [0.15, 0.2) is 0 Å². The molecule has 0 saturated heterocycles. The first kappa shape index (κ1) is 29.0. The Labute approximate surface area is 137 Å². The fraction of sp³-hybridized carbons (Fsp3) is 0.882. The smallest absolute Gasteiger partial charge is 0.311 e. The maximum Gasteiger partial charge on any atom is 0.311 e. The van der Waals surface area contributed by atoms with Crippen LogP contribution in [-0.4, -0.2) is 34.4 Å². The minimum atomic E-state index is -0.757. The van der Waals surface area contributed by atoms with E-state index in [-0.39, 0.29) is 31.0 Å². The van der Waals surface area contributed by atoms with Gasteiger partial charge in [-0.15, -0.1) is 0 Å². The molecule has 0 amide bonds. The summed E-state index contributed by atoms with van der Waals surface area (Å²) in [6, 6.07) is 0. The Morgan fingerprint density at radius 2 is 1.09 bits per heavy atom. The van der Waals surface area contributed by atoms with Crippen molar-refractivity contribution in [2.24, 2.45) is 10.8 Å². The molecule has 22 heavy (non-hydrogen) atoms. The van der Waals surface area contributed by atoms with Crippen molar-refractivity contribution in [1.29, 1.82) is 0 Å². The van der Waals surface area contributed by atoms with E-state index in [4.69, 9.17) is 14.9 Å². The predicted molar refractivity (Wildman–Crippen MR) is 91.9 cm³/mol. The number of carboxylic acid groups (broad SMARTS) is 1. The number of aliphatic hydroxyl groups excluding tert-OH is 1. The van der Waals surface area contributed by atoms with Crippen LogP contribution in [0.1, 0.15) is 76.7 Å². The van der Waals surface area contributed by atoms with E-state index >= 15 is 0 Å². The number of aliphatic hydroxyl groups is 1. The largest absolute Gasteiger partial charge is 0.481 e. The minimum absolute atomic E-state index is 0. The lowest BCUT2D eigenvalue weighted by Gasteiger charge is -2.18. The van der Waals surface area contributed by atoms with Gasteiger partial charge in [-0.2, -0.15) is 0 Å². The van der Waals surface area contributed by atoms with Crippen LogP contribution in [-0.2, 0) is 14.3 Å². The van der Waals surface area contributed by atoms with Crippen LogP contribution >= 0.6 is 0 Å². The quantitative estimate of drug-likeness (QED) is 0.709. The van der Waals surface area contributed by atoms with E-state index in [0.717, 1.165) is 0 Å². The van der Waals surface area contributed by atoms with E-state index in [1.807, 2.05) is 34.6 Å². The number of hydrogen-bond acceptors (Lipinski definition) is 4. The van der Waals surface area contributed by atoms with Gasteiger partial charge >= 0.3 is 11.9 Å². The zero-order chi connectivity index (χ0) is 18.0. The molecule has 5 nitrogen and oxygen atoms in total. The lowest BCUT2D eigenvalue weighted by atomic mass is 9.97. The lowest BCUT2D eigenvalue weighted by molar-refractivity contribution is -0.156. The first-order chi connectivity index (χ1) is 9.01. The average molecular weight is 322 g/mol. The van der Waals surface area contributed by atoms with E-state index in [2.05, 4.69) is 0 Å². The summed E-state index contributed by atoms with van der Waals surface area (Å²) in [5, 5.41) is 16.3. The number of aliphatic carboxylic acids is 1. The van der Waals surface area contributed by atoms with Gasteiger partial charge in [-0.05, 0) is 69.2 Å². The van der Waals surface area contributed by atoms with Gasteiger partial charge in [0.25, 0.3) is 0 Å². The van der Waals surface area contributed by atoms with Gasteiger partial charge in [-0.25, -0.2) is 0 Å². The summed E-state index contributed by atoms with van der Waals surface area (Å²) in [5.74, 6) is -0.894. The molecule has 0 aromatic rings. The van der Waals surface area contributed by atoms with Crippen molar-refractivity contribution in [3.8, 4) is 0 Å². The number of ether oxygens (including phenoxy) is 1. The number of esters is 1. The molecule has 0 aliphatic heterocycles. The van der Waals surface area contributed by atoms with Crippen molar-refractivity contribution in [1.82, 2.24) is 0 Å². The van der Waals surface area contributed by atoms with Crippen molar-refractivity contribution in [2.75, 3.05) is 0 Å². The molecule has 0 rings (SSSR count). The van der Waals surface area contributed by atoms with Crippen LogP contribution in [0.25, 0.3) is 0 Å². The Kier molecular flexibility index (Phi) is 16.4. The molecule has 0 unspecified atom stereocenters. The summed E-state index contributed by atoms with van der Waals surface area (Å²) in [5.41, 5.74) is -0.954. The highest BCUT2D eigenvalue weighted by atomic mass is 16.5. The molecule has 0 saturated carbocycles. The molecular formula is C17H38O5. The normalized spacial score (nSPS) is 10.6. The number of hydrogen-bond donors (Lipinski definition) is 2. The molecule has 0 atom stereocenters. The highest BCUT2D eigenvalue weighted by Crippen LogP contribution is 2.15. The summed E-state index contributed by atoms with van der Waals surface area (Å²) in [6.07, 6.45) is -0.174. The number of carboxylic acids is 1. The number of carbonyl (C=O) groups is 2. The second-order valence-electron chi connectivity index (χ2n) is 7.35. The van der Waals surface area contributed by atoms with Gasteiger partial charge in [0.2, 0.25) is 0 Å². The molecule has 0 aliphatic carbocycles.